The molecule has 0 unspecified atom stereocenters. The zero-order chi connectivity index (χ0) is 19.3. The Labute approximate surface area is 159 Å². The highest BCUT2D eigenvalue weighted by Crippen LogP contribution is 2.28. The lowest BCUT2D eigenvalue weighted by Gasteiger charge is -2.13. The van der Waals surface area contributed by atoms with Crippen LogP contribution in [0.3, 0.4) is 0 Å². The zero-order valence-corrected chi connectivity index (χ0v) is 15.7. The number of carbonyl (C=O) groups is 1. The molecule has 3 rings (SSSR count). The van der Waals surface area contributed by atoms with Gasteiger partial charge < -0.3 is 5.32 Å². The van der Waals surface area contributed by atoms with Gasteiger partial charge in [0.2, 0.25) is 5.91 Å². The van der Waals surface area contributed by atoms with Crippen molar-refractivity contribution in [3.05, 3.63) is 84.4 Å². The molecule has 0 heterocycles. The number of nitrogens with one attached hydrogen (secondary N) is 2. The second-order valence-corrected chi connectivity index (χ2v) is 7.67. The monoisotopic (exact) mass is 380 g/mol. The predicted molar refractivity (Wildman–Crippen MR) is 107 cm³/mol. The van der Waals surface area contributed by atoms with E-state index in [1.54, 1.807) is 49.5 Å². The van der Waals surface area contributed by atoms with E-state index in [9.17, 15) is 13.2 Å². The molecule has 0 saturated heterocycles. The molecule has 0 radical (unpaired) electrons. The van der Waals surface area contributed by atoms with Gasteiger partial charge in [-0.15, -0.1) is 0 Å². The Kier molecular flexibility index (Phi) is 5.57. The van der Waals surface area contributed by atoms with Gasteiger partial charge in [-0.1, -0.05) is 60.7 Å². The van der Waals surface area contributed by atoms with E-state index >= 15 is 0 Å². The van der Waals surface area contributed by atoms with E-state index in [2.05, 4.69) is 10.0 Å². The highest BCUT2D eigenvalue weighted by Gasteiger charge is 2.19. The molecule has 0 aliphatic carbocycles. The first-order valence-corrected chi connectivity index (χ1v) is 9.95. The lowest BCUT2D eigenvalue weighted by molar-refractivity contribution is -0.119. The number of sulfonamides is 1. The van der Waals surface area contributed by atoms with Crippen molar-refractivity contribution < 1.29 is 13.2 Å². The maximum Gasteiger partial charge on any atom is 0.262 e. The first-order valence-electron chi connectivity index (χ1n) is 8.46. The van der Waals surface area contributed by atoms with Crippen LogP contribution in [0.25, 0.3) is 11.1 Å². The molecule has 0 bridgehead atoms. The summed E-state index contributed by atoms with van der Waals surface area (Å²) < 4.78 is 28.5. The summed E-state index contributed by atoms with van der Waals surface area (Å²) in [5.74, 6) is -0.0971. The lowest BCUT2D eigenvalue weighted by atomic mass is 10.1. The lowest BCUT2D eigenvalue weighted by Crippen LogP contribution is -2.19. The van der Waals surface area contributed by atoms with Crippen molar-refractivity contribution in [2.75, 3.05) is 11.8 Å². The van der Waals surface area contributed by atoms with Crippen molar-refractivity contribution in [1.82, 2.24) is 5.32 Å². The number of hydrogen-bond donors (Lipinski definition) is 2. The second-order valence-electron chi connectivity index (χ2n) is 6.01. The SMILES string of the molecule is CNC(=O)Cc1ccc(NS(=O)(=O)c2ccccc2-c2ccccc2)cc1. The van der Waals surface area contributed by atoms with Gasteiger partial charge in [-0.25, -0.2) is 8.42 Å². The molecule has 0 spiro atoms. The van der Waals surface area contributed by atoms with E-state index in [0.717, 1.165) is 11.1 Å². The molecule has 6 heteroatoms. The molecule has 3 aromatic rings. The Morgan fingerprint density at radius 2 is 1.48 bits per heavy atom. The van der Waals surface area contributed by atoms with E-state index in [1.165, 1.54) is 0 Å². The first-order chi connectivity index (χ1) is 13.0. The fraction of sp³-hybridized carbons (Fsp3) is 0.0952. The summed E-state index contributed by atoms with van der Waals surface area (Å²) in [4.78, 5) is 11.6. The molecule has 27 heavy (non-hydrogen) atoms. The van der Waals surface area contributed by atoms with Crippen molar-refractivity contribution in [3.63, 3.8) is 0 Å². The van der Waals surface area contributed by atoms with Crippen molar-refractivity contribution >= 4 is 21.6 Å². The first kappa shape index (κ1) is 18.7. The Bertz CT molecular complexity index is 1030. The quantitative estimate of drug-likeness (QED) is 0.688. The molecule has 0 saturated carbocycles. The number of benzene rings is 3. The van der Waals surface area contributed by atoms with Crippen molar-refractivity contribution in [2.45, 2.75) is 11.3 Å². The molecule has 0 aliphatic rings. The van der Waals surface area contributed by atoms with Gasteiger partial charge in [-0.05, 0) is 29.3 Å². The van der Waals surface area contributed by atoms with E-state index < -0.39 is 10.0 Å². The number of anilines is 1. The van der Waals surface area contributed by atoms with Crippen LogP contribution >= 0.6 is 0 Å². The standard InChI is InChI=1S/C21H20N2O3S/c1-22-21(24)15-16-11-13-18(14-12-16)23-27(25,26)20-10-6-5-9-19(20)17-7-3-2-4-8-17/h2-14,23H,15H2,1H3,(H,22,24). The van der Waals surface area contributed by atoms with E-state index in [1.807, 2.05) is 36.4 Å². The molecule has 1 amide bonds. The Balaban J connectivity index is 1.87. The average Bonchev–Trinajstić information content (AvgIpc) is 2.70. The molecule has 3 aromatic carbocycles. The zero-order valence-electron chi connectivity index (χ0n) is 14.8. The van der Waals surface area contributed by atoms with Gasteiger partial charge in [0.1, 0.15) is 0 Å². The normalized spacial score (nSPS) is 11.0. The molecular weight excluding hydrogens is 360 g/mol. The van der Waals surface area contributed by atoms with Crippen LogP contribution in [0.1, 0.15) is 5.56 Å². The summed E-state index contributed by atoms with van der Waals surface area (Å²) in [7, 11) is -2.18. The van der Waals surface area contributed by atoms with Crippen LogP contribution in [0.4, 0.5) is 5.69 Å². The van der Waals surface area contributed by atoms with Crippen molar-refractivity contribution in [2.24, 2.45) is 0 Å². The van der Waals surface area contributed by atoms with Crippen LogP contribution in [-0.4, -0.2) is 21.4 Å². The Morgan fingerprint density at radius 3 is 2.15 bits per heavy atom. The highest BCUT2D eigenvalue weighted by atomic mass is 32.2. The van der Waals surface area contributed by atoms with Gasteiger partial charge in [-0.2, -0.15) is 0 Å². The molecule has 0 fully saturated rings. The van der Waals surface area contributed by atoms with Crippen LogP contribution in [0.15, 0.2) is 83.8 Å². The molecule has 0 aliphatic heterocycles. The van der Waals surface area contributed by atoms with E-state index in [0.29, 0.717) is 11.3 Å². The van der Waals surface area contributed by atoms with Crippen molar-refractivity contribution in [1.29, 1.82) is 0 Å². The van der Waals surface area contributed by atoms with Gasteiger partial charge in [0.05, 0.1) is 11.3 Å². The maximum absolute atomic E-state index is 12.9. The molecule has 5 nitrogen and oxygen atoms in total. The minimum absolute atomic E-state index is 0.0971. The summed E-state index contributed by atoms with van der Waals surface area (Å²) in [5, 5.41) is 2.56. The smallest absolute Gasteiger partial charge is 0.262 e. The second kappa shape index (κ2) is 8.05. The van der Waals surface area contributed by atoms with Gasteiger partial charge in [0.25, 0.3) is 10.0 Å². The third kappa shape index (κ3) is 4.54. The van der Waals surface area contributed by atoms with Crippen LogP contribution in [0, 0.1) is 0 Å². The fourth-order valence-electron chi connectivity index (χ4n) is 2.73. The van der Waals surface area contributed by atoms with Crippen LogP contribution in [0.2, 0.25) is 0 Å². The van der Waals surface area contributed by atoms with Crippen LogP contribution in [-0.2, 0) is 21.2 Å². The van der Waals surface area contributed by atoms with Crippen LogP contribution < -0.4 is 10.0 Å². The Morgan fingerprint density at radius 1 is 0.852 bits per heavy atom. The number of amides is 1. The minimum Gasteiger partial charge on any atom is -0.359 e. The number of carbonyl (C=O) groups excluding carboxylic acids is 1. The number of rotatable bonds is 6. The summed E-state index contributed by atoms with van der Waals surface area (Å²) in [6.07, 6.45) is 0.250. The van der Waals surface area contributed by atoms with Crippen molar-refractivity contribution in [3.8, 4) is 11.1 Å². The minimum atomic E-state index is -3.76. The highest BCUT2D eigenvalue weighted by molar-refractivity contribution is 7.92. The largest absolute Gasteiger partial charge is 0.359 e. The fourth-order valence-corrected chi connectivity index (χ4v) is 4.02. The number of hydrogen-bond acceptors (Lipinski definition) is 3. The van der Waals surface area contributed by atoms with Gasteiger partial charge >= 0.3 is 0 Å². The topological polar surface area (TPSA) is 75.3 Å². The third-order valence-corrected chi connectivity index (χ3v) is 5.55. The average molecular weight is 380 g/mol. The molecule has 0 aromatic heterocycles. The summed E-state index contributed by atoms with van der Waals surface area (Å²) in [5.41, 5.74) is 2.72. The summed E-state index contributed by atoms with van der Waals surface area (Å²) in [6.45, 7) is 0. The maximum atomic E-state index is 12.9. The van der Waals surface area contributed by atoms with E-state index in [4.69, 9.17) is 0 Å². The van der Waals surface area contributed by atoms with Gasteiger partial charge in [0.15, 0.2) is 0 Å². The van der Waals surface area contributed by atoms with Gasteiger partial charge in [-0.3, -0.25) is 9.52 Å². The van der Waals surface area contributed by atoms with Gasteiger partial charge in [0, 0.05) is 18.3 Å². The molecule has 0 atom stereocenters. The predicted octanol–water partition coefficient (Wildman–Crippen LogP) is 3.44. The molecular formula is C21H20N2O3S. The van der Waals surface area contributed by atoms with Crippen LogP contribution in [0.5, 0.6) is 0 Å². The number of likely N-dealkylation sites (N-methyl/N-ethyl adjacent to an activating group) is 1. The van der Waals surface area contributed by atoms with E-state index in [-0.39, 0.29) is 17.2 Å². The molecule has 2 N–H and O–H groups in total. The Hall–Kier alpha value is -3.12. The molecule has 138 valence electrons. The third-order valence-electron chi connectivity index (χ3n) is 4.11. The summed E-state index contributed by atoms with van der Waals surface area (Å²) >= 11 is 0. The summed E-state index contributed by atoms with van der Waals surface area (Å²) in [6, 6.07) is 23.1.